The Labute approximate surface area is 87.7 Å². The maximum absolute atomic E-state index is 4.58. The van der Waals surface area contributed by atoms with Crippen LogP contribution in [-0.2, 0) is 0 Å². The van der Waals surface area contributed by atoms with Crippen LogP contribution < -0.4 is 5.32 Å². The Morgan fingerprint density at radius 1 is 1.69 bits per heavy atom. The molecule has 0 fully saturated rings. The number of rotatable bonds is 2. The van der Waals surface area contributed by atoms with Gasteiger partial charge in [0.2, 0.25) is 0 Å². The highest BCUT2D eigenvalue weighted by molar-refractivity contribution is 7.80. The van der Waals surface area contributed by atoms with Gasteiger partial charge in [0.25, 0.3) is 0 Å². The van der Waals surface area contributed by atoms with Gasteiger partial charge in [-0.3, -0.25) is 0 Å². The van der Waals surface area contributed by atoms with E-state index < -0.39 is 0 Å². The predicted molar refractivity (Wildman–Crippen MR) is 60.8 cm³/mol. The standard InChI is InChI=1S/C9H12N2S2/c1-10-6-11-4-2-7-3-5-13-8(7)9(11)12/h2-5,9-10,12H,6H2,1H3. The molecule has 2 heterocycles. The maximum Gasteiger partial charge on any atom is 0.108 e. The van der Waals surface area contributed by atoms with Gasteiger partial charge in [-0.25, -0.2) is 0 Å². The Morgan fingerprint density at radius 2 is 2.54 bits per heavy atom. The van der Waals surface area contributed by atoms with Crippen LogP contribution in [0.4, 0.5) is 0 Å². The average Bonchev–Trinajstić information content (AvgIpc) is 2.58. The van der Waals surface area contributed by atoms with Crippen LogP contribution in [0.25, 0.3) is 6.08 Å². The first kappa shape index (κ1) is 9.12. The van der Waals surface area contributed by atoms with E-state index in [0.29, 0.717) is 0 Å². The third kappa shape index (κ3) is 1.61. The second kappa shape index (κ2) is 3.74. The molecule has 0 saturated heterocycles. The molecule has 0 saturated carbocycles. The summed E-state index contributed by atoms with van der Waals surface area (Å²) in [6.07, 6.45) is 4.22. The minimum Gasteiger partial charge on any atom is -0.348 e. The molecule has 0 radical (unpaired) electrons. The molecule has 70 valence electrons. The second-order valence-corrected chi connectivity index (χ2v) is 4.39. The van der Waals surface area contributed by atoms with E-state index in [0.717, 1.165) is 6.67 Å². The van der Waals surface area contributed by atoms with Crippen LogP contribution in [0, 0.1) is 0 Å². The lowest BCUT2D eigenvalue weighted by molar-refractivity contribution is 0.343. The molecule has 1 aliphatic heterocycles. The first-order valence-corrected chi connectivity index (χ1v) is 5.56. The van der Waals surface area contributed by atoms with Gasteiger partial charge < -0.3 is 10.2 Å². The Balaban J connectivity index is 2.25. The van der Waals surface area contributed by atoms with Crippen molar-refractivity contribution < 1.29 is 0 Å². The molecule has 2 rings (SSSR count). The molecule has 1 aliphatic rings. The molecule has 0 aliphatic carbocycles. The van der Waals surface area contributed by atoms with Crippen molar-refractivity contribution in [3.63, 3.8) is 0 Å². The number of fused-ring (bicyclic) bond motifs is 1. The van der Waals surface area contributed by atoms with E-state index in [4.69, 9.17) is 0 Å². The predicted octanol–water partition coefficient (Wildman–Crippen LogP) is 2.14. The van der Waals surface area contributed by atoms with Crippen molar-refractivity contribution in [2.75, 3.05) is 13.7 Å². The number of nitrogens with zero attached hydrogens (tertiary/aromatic N) is 1. The quantitative estimate of drug-likeness (QED) is 0.730. The van der Waals surface area contributed by atoms with Crippen LogP contribution in [0.2, 0.25) is 0 Å². The third-order valence-electron chi connectivity index (χ3n) is 2.06. The van der Waals surface area contributed by atoms with E-state index in [1.165, 1.54) is 10.4 Å². The Bertz CT molecular complexity index is 319. The SMILES string of the molecule is CNCN1C=Cc2ccsc2C1S. The lowest BCUT2D eigenvalue weighted by Crippen LogP contribution is -2.30. The van der Waals surface area contributed by atoms with Crippen molar-refractivity contribution in [2.24, 2.45) is 0 Å². The van der Waals surface area contributed by atoms with Crippen molar-refractivity contribution in [2.45, 2.75) is 5.37 Å². The minimum atomic E-state index is 0.201. The molecule has 0 amide bonds. The minimum absolute atomic E-state index is 0.201. The highest BCUT2D eigenvalue weighted by atomic mass is 32.1. The highest BCUT2D eigenvalue weighted by Gasteiger charge is 2.20. The van der Waals surface area contributed by atoms with Crippen LogP contribution >= 0.6 is 24.0 Å². The van der Waals surface area contributed by atoms with Crippen molar-refractivity contribution in [1.29, 1.82) is 0 Å². The molecule has 2 nitrogen and oxygen atoms in total. The topological polar surface area (TPSA) is 15.3 Å². The van der Waals surface area contributed by atoms with Crippen LogP contribution in [0.3, 0.4) is 0 Å². The maximum atomic E-state index is 4.58. The summed E-state index contributed by atoms with van der Waals surface area (Å²) in [7, 11) is 1.94. The molecule has 0 aromatic carbocycles. The van der Waals surface area contributed by atoms with Crippen LogP contribution in [0.15, 0.2) is 17.6 Å². The van der Waals surface area contributed by atoms with E-state index in [1.54, 1.807) is 11.3 Å². The van der Waals surface area contributed by atoms with Crippen LogP contribution in [-0.4, -0.2) is 18.6 Å². The van der Waals surface area contributed by atoms with E-state index in [9.17, 15) is 0 Å². The molecule has 1 unspecified atom stereocenters. The highest BCUT2D eigenvalue weighted by Crippen LogP contribution is 2.35. The van der Waals surface area contributed by atoms with E-state index >= 15 is 0 Å². The van der Waals surface area contributed by atoms with E-state index in [2.05, 4.69) is 46.6 Å². The molecular weight excluding hydrogens is 200 g/mol. The van der Waals surface area contributed by atoms with Crippen LogP contribution in [0.1, 0.15) is 15.8 Å². The van der Waals surface area contributed by atoms with E-state index in [-0.39, 0.29) is 5.37 Å². The van der Waals surface area contributed by atoms with Gasteiger partial charge in [-0.15, -0.1) is 24.0 Å². The molecule has 4 heteroatoms. The monoisotopic (exact) mass is 212 g/mol. The Morgan fingerprint density at radius 3 is 3.31 bits per heavy atom. The fourth-order valence-electron chi connectivity index (χ4n) is 1.41. The van der Waals surface area contributed by atoms with Gasteiger partial charge in [0.1, 0.15) is 5.37 Å². The number of thiol groups is 1. The number of hydrogen-bond donors (Lipinski definition) is 2. The van der Waals surface area contributed by atoms with Gasteiger partial charge in [-0.05, 0) is 30.1 Å². The number of hydrogen-bond acceptors (Lipinski definition) is 4. The molecule has 1 N–H and O–H groups in total. The first-order chi connectivity index (χ1) is 6.33. The van der Waals surface area contributed by atoms with Gasteiger partial charge in [0, 0.05) is 11.1 Å². The largest absolute Gasteiger partial charge is 0.348 e. The fourth-order valence-corrected chi connectivity index (χ4v) is 2.79. The van der Waals surface area contributed by atoms with Crippen LogP contribution in [0.5, 0.6) is 0 Å². The summed E-state index contributed by atoms with van der Waals surface area (Å²) in [4.78, 5) is 3.50. The zero-order chi connectivity index (χ0) is 9.26. The lowest BCUT2D eigenvalue weighted by Gasteiger charge is -2.29. The molecule has 1 atom stereocenters. The van der Waals surface area contributed by atoms with Crippen molar-refractivity contribution >= 4 is 30.0 Å². The normalized spacial score (nSPS) is 20.5. The molecule has 1 aromatic heterocycles. The lowest BCUT2D eigenvalue weighted by atomic mass is 10.2. The number of nitrogens with one attached hydrogen (secondary N) is 1. The Hall–Kier alpha value is -0.450. The van der Waals surface area contributed by atoms with Gasteiger partial charge in [0.05, 0.1) is 6.67 Å². The molecule has 0 bridgehead atoms. The van der Waals surface area contributed by atoms with Crippen molar-refractivity contribution in [3.05, 3.63) is 28.1 Å². The molecule has 13 heavy (non-hydrogen) atoms. The van der Waals surface area contributed by atoms with Gasteiger partial charge in [0.15, 0.2) is 0 Å². The summed E-state index contributed by atoms with van der Waals surface area (Å²) >= 11 is 6.35. The smallest absolute Gasteiger partial charge is 0.108 e. The summed E-state index contributed by atoms with van der Waals surface area (Å²) in [6, 6.07) is 2.14. The zero-order valence-electron chi connectivity index (χ0n) is 7.40. The van der Waals surface area contributed by atoms with Gasteiger partial charge in [-0.2, -0.15) is 0 Å². The molecule has 1 aromatic rings. The van der Waals surface area contributed by atoms with E-state index in [1.807, 2.05) is 7.05 Å². The van der Waals surface area contributed by atoms with Crippen molar-refractivity contribution in [3.8, 4) is 0 Å². The second-order valence-electron chi connectivity index (χ2n) is 2.96. The zero-order valence-corrected chi connectivity index (χ0v) is 9.11. The van der Waals surface area contributed by atoms with Gasteiger partial charge in [-0.1, -0.05) is 0 Å². The first-order valence-electron chi connectivity index (χ1n) is 4.17. The van der Waals surface area contributed by atoms with Gasteiger partial charge >= 0.3 is 0 Å². The summed E-state index contributed by atoms with van der Waals surface area (Å²) < 4.78 is 0. The summed E-state index contributed by atoms with van der Waals surface area (Å²) in [5.74, 6) is 0. The average molecular weight is 212 g/mol. The van der Waals surface area contributed by atoms with Crippen molar-refractivity contribution in [1.82, 2.24) is 10.2 Å². The molecular formula is C9H12N2S2. The fraction of sp³-hybridized carbons (Fsp3) is 0.333. The summed E-state index contributed by atoms with van der Waals surface area (Å²) in [5.41, 5.74) is 1.30. The molecule has 0 spiro atoms. The Kier molecular flexibility index (Phi) is 2.62. The number of thiophene rings is 1. The third-order valence-corrected chi connectivity index (χ3v) is 3.78. The summed E-state index contributed by atoms with van der Waals surface area (Å²) in [5, 5.41) is 5.43. The summed E-state index contributed by atoms with van der Waals surface area (Å²) in [6.45, 7) is 0.835.